The van der Waals surface area contributed by atoms with E-state index in [-0.39, 0.29) is 5.41 Å². The smallest absolute Gasteiger partial charge is 0.0991 e. The molecule has 0 heterocycles. The fourth-order valence-corrected chi connectivity index (χ4v) is 4.81. The molecule has 3 aromatic rings. The van der Waals surface area contributed by atoms with E-state index in [9.17, 15) is 5.11 Å². The summed E-state index contributed by atoms with van der Waals surface area (Å²) in [4.78, 5) is 0. The maximum atomic E-state index is 11.2. The molecule has 26 heavy (non-hydrogen) atoms. The highest BCUT2D eigenvalue weighted by Gasteiger charge is 2.48. The van der Waals surface area contributed by atoms with Crippen LogP contribution in [0.25, 0.3) is 11.1 Å². The van der Waals surface area contributed by atoms with Crippen LogP contribution >= 0.6 is 0 Å². The Bertz CT molecular complexity index is 1030. The lowest BCUT2D eigenvalue weighted by Gasteiger charge is -2.27. The van der Waals surface area contributed by atoms with Crippen molar-refractivity contribution in [3.05, 3.63) is 94.5 Å². The number of rotatable bonds is 1. The van der Waals surface area contributed by atoms with Crippen LogP contribution in [0.1, 0.15) is 33.9 Å². The largest absolute Gasteiger partial charge is 0.388 e. The zero-order valence-corrected chi connectivity index (χ0v) is 14.4. The Labute approximate surface area is 153 Å². The normalized spacial score (nSPS) is 19.2. The molecule has 0 aliphatic heterocycles. The summed E-state index contributed by atoms with van der Waals surface area (Å²) in [5.41, 5.74) is 7.71. The van der Waals surface area contributed by atoms with E-state index in [1.165, 1.54) is 16.7 Å². The molecule has 2 heteroatoms. The molecule has 1 N–H and O–H groups in total. The molecule has 0 fully saturated rings. The van der Waals surface area contributed by atoms with Crippen molar-refractivity contribution in [3.63, 3.8) is 0 Å². The molecule has 0 saturated heterocycles. The molecule has 5 rings (SSSR count). The second-order valence-electron chi connectivity index (χ2n) is 7.67. The number of hydrogen-bond donors (Lipinski definition) is 1. The summed E-state index contributed by atoms with van der Waals surface area (Å²) in [5.74, 6) is 0. The number of hydrogen-bond acceptors (Lipinski definition) is 2. The van der Waals surface area contributed by atoms with Crippen LogP contribution in [-0.4, -0.2) is 5.11 Å². The Balaban J connectivity index is 1.53. The van der Waals surface area contributed by atoms with Gasteiger partial charge in [0.25, 0.3) is 0 Å². The molecule has 2 nitrogen and oxygen atoms in total. The van der Waals surface area contributed by atoms with Gasteiger partial charge in [0.2, 0.25) is 0 Å². The van der Waals surface area contributed by atoms with Gasteiger partial charge in [0.15, 0.2) is 0 Å². The van der Waals surface area contributed by atoms with Gasteiger partial charge in [-0.2, -0.15) is 5.26 Å². The van der Waals surface area contributed by atoms with E-state index in [0.717, 1.165) is 36.0 Å². The second kappa shape index (κ2) is 5.56. The third kappa shape index (κ3) is 2.21. The summed E-state index contributed by atoms with van der Waals surface area (Å²) in [6.07, 6.45) is 2.37. The molecule has 2 aliphatic rings. The highest BCUT2D eigenvalue weighted by molar-refractivity contribution is 5.67. The first-order chi connectivity index (χ1) is 12.7. The summed E-state index contributed by atoms with van der Waals surface area (Å²) >= 11 is 0. The number of aliphatic hydroxyl groups is 1. The lowest BCUT2D eigenvalue weighted by atomic mass is 9.79. The maximum Gasteiger partial charge on any atom is 0.0991 e. The first kappa shape index (κ1) is 15.4. The molecule has 0 aromatic heterocycles. The summed E-state index contributed by atoms with van der Waals surface area (Å²) in [6.45, 7) is 0. The first-order valence-corrected chi connectivity index (χ1v) is 9.07. The molecule has 3 aromatic carbocycles. The third-order valence-electron chi connectivity index (χ3n) is 6.09. The zero-order valence-electron chi connectivity index (χ0n) is 14.4. The molecule has 0 saturated carbocycles. The van der Waals surface area contributed by atoms with Gasteiger partial charge in [-0.25, -0.2) is 0 Å². The van der Waals surface area contributed by atoms with Crippen molar-refractivity contribution < 1.29 is 5.11 Å². The minimum atomic E-state index is -0.441. The first-order valence-electron chi connectivity index (χ1n) is 9.07. The van der Waals surface area contributed by atoms with Gasteiger partial charge in [-0.3, -0.25) is 0 Å². The molecule has 0 amide bonds. The molecule has 0 bridgehead atoms. The van der Waals surface area contributed by atoms with Crippen molar-refractivity contribution >= 4 is 0 Å². The predicted octanol–water partition coefficient (Wildman–Crippen LogP) is 4.60. The minimum Gasteiger partial charge on any atom is -0.388 e. The molecule has 1 unspecified atom stereocenters. The molecule has 2 aliphatic carbocycles. The van der Waals surface area contributed by atoms with E-state index in [1.54, 1.807) is 0 Å². The highest BCUT2D eigenvalue weighted by atomic mass is 16.3. The Morgan fingerprint density at radius 1 is 0.808 bits per heavy atom. The SMILES string of the molecule is N#Cc1cccc(-c2ccc3c(c2)C(O)C2(Cc4ccccc4C2)C3)c1. The predicted molar refractivity (Wildman–Crippen MR) is 102 cm³/mol. The van der Waals surface area contributed by atoms with E-state index < -0.39 is 6.10 Å². The fraction of sp³-hybridized carbons (Fsp3) is 0.208. The van der Waals surface area contributed by atoms with Crippen molar-refractivity contribution in [2.45, 2.75) is 25.4 Å². The molecule has 1 atom stereocenters. The van der Waals surface area contributed by atoms with Crippen LogP contribution < -0.4 is 0 Å². The van der Waals surface area contributed by atoms with Crippen molar-refractivity contribution in [2.24, 2.45) is 5.41 Å². The number of fused-ring (bicyclic) bond motifs is 2. The third-order valence-corrected chi connectivity index (χ3v) is 6.09. The van der Waals surface area contributed by atoms with Crippen molar-refractivity contribution in [2.75, 3.05) is 0 Å². The quantitative estimate of drug-likeness (QED) is 0.705. The van der Waals surface area contributed by atoms with Crippen LogP contribution in [0.3, 0.4) is 0 Å². The van der Waals surface area contributed by atoms with Gasteiger partial charge >= 0.3 is 0 Å². The molecular formula is C24H19NO. The lowest BCUT2D eigenvalue weighted by molar-refractivity contribution is 0.0464. The van der Waals surface area contributed by atoms with E-state index in [2.05, 4.69) is 48.5 Å². The van der Waals surface area contributed by atoms with Gasteiger partial charge < -0.3 is 5.11 Å². The second-order valence-corrected chi connectivity index (χ2v) is 7.67. The van der Waals surface area contributed by atoms with Crippen LogP contribution in [0, 0.1) is 16.7 Å². The van der Waals surface area contributed by atoms with Gasteiger partial charge in [-0.1, -0.05) is 48.5 Å². The Morgan fingerprint density at radius 3 is 2.23 bits per heavy atom. The van der Waals surface area contributed by atoms with E-state index in [1.807, 2.05) is 24.3 Å². The highest BCUT2D eigenvalue weighted by Crippen LogP contribution is 2.54. The summed E-state index contributed by atoms with van der Waals surface area (Å²) in [5, 5.41) is 20.4. The van der Waals surface area contributed by atoms with Gasteiger partial charge in [-0.05, 0) is 70.8 Å². The molecule has 0 radical (unpaired) electrons. The number of nitriles is 1. The van der Waals surface area contributed by atoms with Crippen LogP contribution in [0.4, 0.5) is 0 Å². The van der Waals surface area contributed by atoms with Gasteiger partial charge in [0.1, 0.15) is 0 Å². The summed E-state index contributed by atoms with van der Waals surface area (Å²) in [7, 11) is 0. The minimum absolute atomic E-state index is 0.0981. The lowest BCUT2D eigenvalue weighted by Crippen LogP contribution is -2.26. The number of nitrogens with zero attached hydrogens (tertiary/aromatic N) is 1. The van der Waals surface area contributed by atoms with Gasteiger partial charge in [-0.15, -0.1) is 0 Å². The van der Waals surface area contributed by atoms with Crippen LogP contribution in [0.15, 0.2) is 66.7 Å². The Kier molecular flexibility index (Phi) is 3.29. The maximum absolute atomic E-state index is 11.2. The van der Waals surface area contributed by atoms with Gasteiger partial charge in [0, 0.05) is 5.41 Å². The molecular weight excluding hydrogens is 318 g/mol. The van der Waals surface area contributed by atoms with Crippen molar-refractivity contribution in [1.29, 1.82) is 5.26 Å². The fourth-order valence-electron chi connectivity index (χ4n) is 4.81. The van der Waals surface area contributed by atoms with E-state index >= 15 is 0 Å². The summed E-state index contributed by atoms with van der Waals surface area (Å²) < 4.78 is 0. The van der Waals surface area contributed by atoms with E-state index in [0.29, 0.717) is 5.56 Å². The zero-order chi connectivity index (χ0) is 17.7. The number of benzene rings is 3. The Hall–Kier alpha value is -2.89. The standard InChI is InChI=1S/C24H19NO/c25-15-16-4-3-7-17(10-16)18-8-9-21-14-24(23(26)22(21)11-18)12-19-5-1-2-6-20(19)13-24/h1-11,23,26H,12-14H2. The van der Waals surface area contributed by atoms with E-state index in [4.69, 9.17) is 5.26 Å². The molecule has 126 valence electrons. The summed E-state index contributed by atoms with van der Waals surface area (Å²) in [6, 6.07) is 24.8. The van der Waals surface area contributed by atoms with Crippen molar-refractivity contribution in [1.82, 2.24) is 0 Å². The van der Waals surface area contributed by atoms with Crippen LogP contribution in [-0.2, 0) is 19.3 Å². The van der Waals surface area contributed by atoms with Crippen LogP contribution in [0.5, 0.6) is 0 Å². The average molecular weight is 337 g/mol. The number of aliphatic hydroxyl groups excluding tert-OH is 1. The Morgan fingerprint density at radius 2 is 1.50 bits per heavy atom. The molecule has 1 spiro atoms. The van der Waals surface area contributed by atoms with Gasteiger partial charge in [0.05, 0.1) is 17.7 Å². The topological polar surface area (TPSA) is 44.0 Å². The average Bonchev–Trinajstić information content (AvgIpc) is 3.18. The monoisotopic (exact) mass is 337 g/mol. The van der Waals surface area contributed by atoms with Crippen LogP contribution in [0.2, 0.25) is 0 Å². The van der Waals surface area contributed by atoms with Crippen molar-refractivity contribution in [3.8, 4) is 17.2 Å².